The Hall–Kier alpha value is -1.30. The number of piperidine rings is 1. The van der Waals surface area contributed by atoms with Crippen molar-refractivity contribution in [2.75, 3.05) is 33.2 Å². The molecule has 0 aromatic rings. The Kier molecular flexibility index (Phi) is 4.22. The summed E-state index contributed by atoms with van der Waals surface area (Å²) in [5, 5.41) is 12.3. The maximum Gasteiger partial charge on any atom is 0.317 e. The molecule has 0 bridgehead atoms. The molecule has 0 aromatic heterocycles. The Morgan fingerprint density at radius 3 is 2.60 bits per heavy atom. The van der Waals surface area contributed by atoms with Crippen LogP contribution >= 0.6 is 0 Å². The van der Waals surface area contributed by atoms with E-state index in [1.165, 1.54) is 0 Å². The van der Waals surface area contributed by atoms with E-state index in [1.54, 1.807) is 11.8 Å². The number of amides is 2. The first-order valence-electron chi connectivity index (χ1n) is 7.29. The average molecular weight is 283 g/mol. The molecule has 2 aliphatic rings. The van der Waals surface area contributed by atoms with Gasteiger partial charge in [0.1, 0.15) is 0 Å². The number of likely N-dealkylation sites (tertiary alicyclic amines) is 2. The molecule has 0 aromatic carbocycles. The van der Waals surface area contributed by atoms with Crippen molar-refractivity contribution in [2.45, 2.75) is 32.7 Å². The summed E-state index contributed by atoms with van der Waals surface area (Å²) in [5.41, 5.74) is -0.796. The van der Waals surface area contributed by atoms with Gasteiger partial charge in [-0.2, -0.15) is 0 Å². The molecule has 0 aliphatic carbocycles. The molecule has 0 spiro atoms. The third-order valence-corrected chi connectivity index (χ3v) is 4.69. The first-order chi connectivity index (χ1) is 9.32. The van der Waals surface area contributed by atoms with Crippen LogP contribution in [0.5, 0.6) is 0 Å². The number of aliphatic carboxylic acids is 1. The summed E-state index contributed by atoms with van der Waals surface area (Å²) in [4.78, 5) is 27.4. The zero-order valence-electron chi connectivity index (χ0n) is 12.6. The van der Waals surface area contributed by atoms with E-state index in [4.69, 9.17) is 0 Å². The molecule has 2 heterocycles. The molecular weight excluding hydrogens is 258 g/mol. The summed E-state index contributed by atoms with van der Waals surface area (Å²) < 4.78 is 0. The number of carbonyl (C=O) groups excluding carboxylic acids is 1. The van der Waals surface area contributed by atoms with E-state index < -0.39 is 11.4 Å². The van der Waals surface area contributed by atoms with Crippen molar-refractivity contribution < 1.29 is 14.7 Å². The van der Waals surface area contributed by atoms with Gasteiger partial charge in [-0.3, -0.25) is 4.79 Å². The molecule has 2 saturated heterocycles. The van der Waals surface area contributed by atoms with Gasteiger partial charge >= 0.3 is 12.0 Å². The standard InChI is InChI=1S/C14H25N3O3/c1-10-8-16(3)6-4-11(10)15-13(20)17-7-5-14(2,9-17)12(18)19/h10-11H,4-9H2,1-3H3,(H,15,20)(H,18,19). The highest BCUT2D eigenvalue weighted by Crippen LogP contribution is 2.30. The van der Waals surface area contributed by atoms with Crippen LogP contribution in [0.2, 0.25) is 0 Å². The first kappa shape index (κ1) is 15.1. The van der Waals surface area contributed by atoms with E-state index in [2.05, 4.69) is 24.2 Å². The van der Waals surface area contributed by atoms with Gasteiger partial charge in [0.2, 0.25) is 0 Å². The highest BCUT2D eigenvalue weighted by molar-refractivity contribution is 5.79. The minimum Gasteiger partial charge on any atom is -0.481 e. The first-order valence-corrected chi connectivity index (χ1v) is 7.29. The fourth-order valence-corrected chi connectivity index (χ4v) is 3.13. The number of hydrogen-bond acceptors (Lipinski definition) is 3. The average Bonchev–Trinajstić information content (AvgIpc) is 2.77. The Bertz CT molecular complexity index is 401. The van der Waals surface area contributed by atoms with Crippen LogP contribution in [0.1, 0.15) is 26.7 Å². The van der Waals surface area contributed by atoms with Gasteiger partial charge in [-0.15, -0.1) is 0 Å². The third-order valence-electron chi connectivity index (χ3n) is 4.69. The summed E-state index contributed by atoms with van der Waals surface area (Å²) in [5.74, 6) is -0.397. The van der Waals surface area contributed by atoms with Crippen LogP contribution in [0.4, 0.5) is 4.79 Å². The van der Waals surface area contributed by atoms with E-state index in [0.717, 1.165) is 19.5 Å². The molecule has 3 atom stereocenters. The molecule has 2 aliphatic heterocycles. The summed E-state index contributed by atoms with van der Waals surface area (Å²) in [6, 6.07) is 0.0757. The predicted octanol–water partition coefficient (Wildman–Crippen LogP) is 0.833. The summed E-state index contributed by atoms with van der Waals surface area (Å²) >= 11 is 0. The van der Waals surface area contributed by atoms with E-state index in [9.17, 15) is 14.7 Å². The Labute approximate surface area is 120 Å². The lowest BCUT2D eigenvalue weighted by atomic mass is 9.90. The summed E-state index contributed by atoms with van der Waals surface area (Å²) in [7, 11) is 2.09. The van der Waals surface area contributed by atoms with Gasteiger partial charge in [-0.25, -0.2) is 4.79 Å². The van der Waals surface area contributed by atoms with E-state index in [-0.39, 0.29) is 12.1 Å². The van der Waals surface area contributed by atoms with Crippen molar-refractivity contribution in [1.82, 2.24) is 15.1 Å². The van der Waals surface area contributed by atoms with Crippen molar-refractivity contribution in [1.29, 1.82) is 0 Å². The lowest BCUT2D eigenvalue weighted by Crippen LogP contribution is -2.52. The fourth-order valence-electron chi connectivity index (χ4n) is 3.13. The molecule has 6 nitrogen and oxygen atoms in total. The minimum atomic E-state index is -0.819. The summed E-state index contributed by atoms with van der Waals surface area (Å²) in [6.07, 6.45) is 1.48. The lowest BCUT2D eigenvalue weighted by Gasteiger charge is -2.36. The number of hydrogen-bond donors (Lipinski definition) is 2. The van der Waals surface area contributed by atoms with Crippen LogP contribution in [0.15, 0.2) is 0 Å². The van der Waals surface area contributed by atoms with Crippen LogP contribution in [-0.4, -0.2) is 66.2 Å². The molecule has 2 rings (SSSR count). The number of nitrogens with one attached hydrogen (secondary N) is 1. The van der Waals surface area contributed by atoms with Gasteiger partial charge < -0.3 is 20.2 Å². The normalized spacial score (nSPS) is 35.0. The number of rotatable bonds is 2. The molecular formula is C14H25N3O3. The number of carboxylic acids is 1. The van der Waals surface area contributed by atoms with Crippen LogP contribution in [0.3, 0.4) is 0 Å². The second-order valence-electron chi connectivity index (χ2n) is 6.62. The van der Waals surface area contributed by atoms with E-state index >= 15 is 0 Å². The third kappa shape index (κ3) is 3.06. The maximum atomic E-state index is 12.3. The van der Waals surface area contributed by atoms with Crippen molar-refractivity contribution in [2.24, 2.45) is 11.3 Å². The Balaban J connectivity index is 1.89. The van der Waals surface area contributed by atoms with Gasteiger partial charge in [0.05, 0.1) is 5.41 Å². The molecule has 0 saturated carbocycles. The van der Waals surface area contributed by atoms with Gasteiger partial charge in [0, 0.05) is 25.7 Å². The second-order valence-corrected chi connectivity index (χ2v) is 6.62. The molecule has 114 valence electrons. The highest BCUT2D eigenvalue weighted by atomic mass is 16.4. The lowest BCUT2D eigenvalue weighted by molar-refractivity contribution is -0.147. The number of urea groups is 1. The van der Waals surface area contributed by atoms with Crippen LogP contribution < -0.4 is 5.32 Å². The number of carbonyl (C=O) groups is 2. The van der Waals surface area contributed by atoms with Crippen molar-refractivity contribution in [3.8, 4) is 0 Å². The zero-order chi connectivity index (χ0) is 14.9. The number of nitrogens with zero attached hydrogens (tertiary/aromatic N) is 2. The summed E-state index contributed by atoms with van der Waals surface area (Å²) in [6.45, 7) is 6.65. The molecule has 3 unspecified atom stereocenters. The van der Waals surface area contributed by atoms with E-state index in [1.807, 2.05) is 0 Å². The molecule has 2 N–H and O–H groups in total. The smallest absolute Gasteiger partial charge is 0.317 e. The SMILES string of the molecule is CC1CN(C)CCC1NC(=O)N1CCC(C)(C(=O)O)C1. The van der Waals surface area contributed by atoms with Gasteiger partial charge in [-0.1, -0.05) is 6.92 Å². The van der Waals surface area contributed by atoms with Crippen LogP contribution in [-0.2, 0) is 4.79 Å². The van der Waals surface area contributed by atoms with Crippen molar-refractivity contribution in [3.05, 3.63) is 0 Å². The zero-order valence-corrected chi connectivity index (χ0v) is 12.6. The minimum absolute atomic E-state index is 0.114. The van der Waals surface area contributed by atoms with Crippen LogP contribution in [0.25, 0.3) is 0 Å². The molecule has 20 heavy (non-hydrogen) atoms. The maximum absolute atomic E-state index is 12.3. The fraction of sp³-hybridized carbons (Fsp3) is 0.857. The molecule has 0 radical (unpaired) electrons. The molecule has 2 fully saturated rings. The topological polar surface area (TPSA) is 72.9 Å². The van der Waals surface area contributed by atoms with E-state index in [0.29, 0.717) is 25.4 Å². The second kappa shape index (κ2) is 5.60. The predicted molar refractivity (Wildman–Crippen MR) is 75.5 cm³/mol. The van der Waals surface area contributed by atoms with Crippen molar-refractivity contribution in [3.63, 3.8) is 0 Å². The van der Waals surface area contributed by atoms with Crippen molar-refractivity contribution >= 4 is 12.0 Å². The molecule has 6 heteroatoms. The highest BCUT2D eigenvalue weighted by Gasteiger charge is 2.42. The Morgan fingerprint density at radius 1 is 1.35 bits per heavy atom. The Morgan fingerprint density at radius 2 is 2.05 bits per heavy atom. The molecule has 2 amide bonds. The van der Waals surface area contributed by atoms with Crippen LogP contribution in [0, 0.1) is 11.3 Å². The number of carboxylic acid groups (broad SMARTS) is 1. The quantitative estimate of drug-likeness (QED) is 0.787. The monoisotopic (exact) mass is 283 g/mol. The van der Waals surface area contributed by atoms with Gasteiger partial charge in [-0.05, 0) is 39.3 Å². The van der Waals surface area contributed by atoms with Gasteiger partial charge in [0.25, 0.3) is 0 Å². The van der Waals surface area contributed by atoms with Gasteiger partial charge in [0.15, 0.2) is 0 Å². The largest absolute Gasteiger partial charge is 0.481 e.